The number of carbonyl (C=O) groups is 1. The first-order valence-corrected chi connectivity index (χ1v) is 7.50. The summed E-state index contributed by atoms with van der Waals surface area (Å²) in [6.45, 7) is 2.03. The van der Waals surface area contributed by atoms with Gasteiger partial charge >= 0.3 is 6.03 Å². The molecule has 6 heteroatoms. The Hall–Kier alpha value is -2.11. The Morgan fingerprint density at radius 2 is 2.05 bits per heavy atom. The number of thiazole rings is 1. The summed E-state index contributed by atoms with van der Waals surface area (Å²) < 4.78 is 1.05. The number of halogens is 1. The smallest absolute Gasteiger partial charge is 0.308 e. The molecule has 0 aliphatic heterocycles. The number of nitrogens with one attached hydrogen (secondary N) is 2. The van der Waals surface area contributed by atoms with Crippen LogP contribution in [-0.4, -0.2) is 11.0 Å². The SMILES string of the molecule is Cc1ccc2nc(NC(=O)Nc3cccc(Cl)c3)sc2c1. The Morgan fingerprint density at radius 1 is 1.19 bits per heavy atom. The maximum atomic E-state index is 11.9. The number of benzene rings is 2. The molecule has 0 aliphatic carbocycles. The lowest BCUT2D eigenvalue weighted by molar-refractivity contribution is 0.262. The summed E-state index contributed by atoms with van der Waals surface area (Å²) in [7, 11) is 0. The Bertz CT molecular complexity index is 816. The van der Waals surface area contributed by atoms with Crippen LogP contribution in [0.25, 0.3) is 10.2 Å². The van der Waals surface area contributed by atoms with E-state index in [-0.39, 0.29) is 6.03 Å². The third kappa shape index (κ3) is 3.32. The molecule has 21 heavy (non-hydrogen) atoms. The van der Waals surface area contributed by atoms with Gasteiger partial charge in [-0.25, -0.2) is 9.78 Å². The van der Waals surface area contributed by atoms with E-state index in [1.807, 2.05) is 25.1 Å². The molecule has 1 aromatic heterocycles. The number of hydrogen-bond acceptors (Lipinski definition) is 3. The first-order valence-electron chi connectivity index (χ1n) is 6.31. The monoisotopic (exact) mass is 317 g/mol. The third-order valence-electron chi connectivity index (χ3n) is 2.85. The van der Waals surface area contributed by atoms with Gasteiger partial charge in [0.05, 0.1) is 10.2 Å². The number of urea groups is 1. The van der Waals surface area contributed by atoms with Crippen molar-refractivity contribution in [3.8, 4) is 0 Å². The fourth-order valence-electron chi connectivity index (χ4n) is 1.91. The molecular formula is C15H12ClN3OS. The van der Waals surface area contributed by atoms with Crippen molar-refractivity contribution in [2.24, 2.45) is 0 Å². The summed E-state index contributed by atoms with van der Waals surface area (Å²) in [5.41, 5.74) is 2.68. The van der Waals surface area contributed by atoms with E-state index in [0.717, 1.165) is 10.2 Å². The molecule has 1 heterocycles. The first-order chi connectivity index (χ1) is 10.1. The second-order valence-corrected chi connectivity index (χ2v) is 6.05. The van der Waals surface area contributed by atoms with E-state index in [1.54, 1.807) is 24.3 Å². The lowest BCUT2D eigenvalue weighted by Crippen LogP contribution is -2.19. The first kappa shape index (κ1) is 13.9. The minimum atomic E-state index is -0.340. The van der Waals surface area contributed by atoms with Gasteiger partial charge in [0, 0.05) is 10.7 Å². The zero-order chi connectivity index (χ0) is 14.8. The fraction of sp³-hybridized carbons (Fsp3) is 0.0667. The Morgan fingerprint density at radius 3 is 2.86 bits per heavy atom. The molecule has 0 bridgehead atoms. The van der Waals surface area contributed by atoms with Crippen molar-refractivity contribution in [1.82, 2.24) is 4.98 Å². The van der Waals surface area contributed by atoms with Crippen LogP contribution < -0.4 is 10.6 Å². The summed E-state index contributed by atoms with van der Waals surface area (Å²) in [4.78, 5) is 16.3. The summed E-state index contributed by atoms with van der Waals surface area (Å²) in [5, 5.41) is 6.59. The minimum Gasteiger partial charge on any atom is -0.308 e. The van der Waals surface area contributed by atoms with Gasteiger partial charge in [0.1, 0.15) is 0 Å². The molecule has 0 aliphatic rings. The molecule has 0 spiro atoms. The van der Waals surface area contributed by atoms with E-state index < -0.39 is 0 Å². The maximum absolute atomic E-state index is 11.9. The number of amides is 2. The molecule has 4 nitrogen and oxygen atoms in total. The summed E-state index contributed by atoms with van der Waals surface area (Å²) in [6.07, 6.45) is 0. The van der Waals surface area contributed by atoms with Crippen LogP contribution in [0.3, 0.4) is 0 Å². The molecule has 0 atom stereocenters. The van der Waals surface area contributed by atoms with Crippen molar-refractivity contribution in [3.63, 3.8) is 0 Å². The van der Waals surface area contributed by atoms with Crippen molar-refractivity contribution in [3.05, 3.63) is 53.1 Å². The van der Waals surface area contributed by atoms with Gasteiger partial charge in [-0.3, -0.25) is 5.32 Å². The third-order valence-corrected chi connectivity index (χ3v) is 4.02. The second kappa shape index (κ2) is 5.71. The van der Waals surface area contributed by atoms with Crippen molar-refractivity contribution in [2.75, 3.05) is 10.6 Å². The molecular weight excluding hydrogens is 306 g/mol. The summed E-state index contributed by atoms with van der Waals surface area (Å²) >= 11 is 7.32. The standard InChI is InChI=1S/C15H12ClN3OS/c1-9-5-6-12-13(7-9)21-15(18-12)19-14(20)17-11-4-2-3-10(16)8-11/h2-8H,1H3,(H2,17,18,19,20). The van der Waals surface area contributed by atoms with Crippen molar-refractivity contribution >= 4 is 50.0 Å². The quantitative estimate of drug-likeness (QED) is 0.706. The minimum absolute atomic E-state index is 0.340. The Kier molecular flexibility index (Phi) is 3.77. The molecule has 2 amide bonds. The van der Waals surface area contributed by atoms with Gasteiger partial charge in [-0.15, -0.1) is 0 Å². The Balaban J connectivity index is 1.74. The number of aromatic nitrogens is 1. The molecule has 2 N–H and O–H groups in total. The van der Waals surface area contributed by atoms with Gasteiger partial charge in [-0.1, -0.05) is 35.1 Å². The van der Waals surface area contributed by atoms with Crippen LogP contribution in [-0.2, 0) is 0 Å². The molecule has 3 rings (SSSR count). The van der Waals surface area contributed by atoms with Crippen LogP contribution in [0, 0.1) is 6.92 Å². The highest BCUT2D eigenvalue weighted by Gasteiger charge is 2.08. The molecule has 0 saturated carbocycles. The van der Waals surface area contributed by atoms with Gasteiger partial charge in [0.25, 0.3) is 0 Å². The molecule has 3 aromatic rings. The van der Waals surface area contributed by atoms with Crippen molar-refractivity contribution < 1.29 is 4.79 Å². The van der Waals surface area contributed by atoms with E-state index in [9.17, 15) is 4.79 Å². The highest BCUT2D eigenvalue weighted by atomic mass is 35.5. The molecule has 106 valence electrons. The molecule has 0 fully saturated rings. The number of rotatable bonds is 2. The predicted molar refractivity (Wildman–Crippen MR) is 88.5 cm³/mol. The van der Waals surface area contributed by atoms with Gasteiger partial charge in [0.2, 0.25) is 0 Å². The molecule has 0 saturated heterocycles. The van der Waals surface area contributed by atoms with Gasteiger partial charge in [-0.2, -0.15) is 0 Å². The predicted octanol–water partition coefficient (Wildman–Crippen LogP) is 4.90. The molecule has 0 unspecified atom stereocenters. The van der Waals surface area contributed by atoms with Crippen LogP contribution >= 0.6 is 22.9 Å². The van der Waals surface area contributed by atoms with E-state index in [0.29, 0.717) is 15.8 Å². The lowest BCUT2D eigenvalue weighted by atomic mass is 10.2. The van der Waals surface area contributed by atoms with Crippen LogP contribution in [0.1, 0.15) is 5.56 Å². The zero-order valence-electron chi connectivity index (χ0n) is 11.2. The number of nitrogens with zero attached hydrogens (tertiary/aromatic N) is 1. The number of fused-ring (bicyclic) bond motifs is 1. The number of carbonyl (C=O) groups excluding carboxylic acids is 1. The average molecular weight is 318 g/mol. The second-order valence-electron chi connectivity index (χ2n) is 4.58. The van der Waals surface area contributed by atoms with Crippen LogP contribution in [0.4, 0.5) is 15.6 Å². The van der Waals surface area contributed by atoms with Crippen LogP contribution in [0.5, 0.6) is 0 Å². The fourth-order valence-corrected chi connectivity index (χ4v) is 3.06. The zero-order valence-corrected chi connectivity index (χ0v) is 12.8. The summed E-state index contributed by atoms with van der Waals surface area (Å²) in [5.74, 6) is 0. The Labute approximate surface area is 130 Å². The summed E-state index contributed by atoms with van der Waals surface area (Å²) in [6, 6.07) is 12.6. The lowest BCUT2D eigenvalue weighted by Gasteiger charge is -2.05. The van der Waals surface area contributed by atoms with E-state index in [1.165, 1.54) is 16.9 Å². The largest absolute Gasteiger partial charge is 0.325 e. The van der Waals surface area contributed by atoms with E-state index in [4.69, 9.17) is 11.6 Å². The highest BCUT2D eigenvalue weighted by molar-refractivity contribution is 7.22. The topological polar surface area (TPSA) is 54.0 Å². The van der Waals surface area contributed by atoms with Gasteiger partial charge in [-0.05, 0) is 42.8 Å². The maximum Gasteiger partial charge on any atom is 0.325 e. The van der Waals surface area contributed by atoms with Gasteiger partial charge in [0.15, 0.2) is 5.13 Å². The molecule has 0 radical (unpaired) electrons. The van der Waals surface area contributed by atoms with E-state index >= 15 is 0 Å². The van der Waals surface area contributed by atoms with E-state index in [2.05, 4.69) is 15.6 Å². The van der Waals surface area contributed by atoms with Crippen molar-refractivity contribution in [1.29, 1.82) is 0 Å². The van der Waals surface area contributed by atoms with Crippen molar-refractivity contribution in [2.45, 2.75) is 6.92 Å². The van der Waals surface area contributed by atoms with Crippen LogP contribution in [0.15, 0.2) is 42.5 Å². The normalized spacial score (nSPS) is 10.6. The molecule has 2 aromatic carbocycles. The average Bonchev–Trinajstić information content (AvgIpc) is 2.79. The number of anilines is 2. The highest BCUT2D eigenvalue weighted by Crippen LogP contribution is 2.26. The number of aryl methyl sites for hydroxylation is 1. The van der Waals surface area contributed by atoms with Crippen LogP contribution in [0.2, 0.25) is 5.02 Å². The van der Waals surface area contributed by atoms with Gasteiger partial charge < -0.3 is 5.32 Å². The number of hydrogen-bond donors (Lipinski definition) is 2.